The maximum Gasteiger partial charge on any atom is 0.179 e. The van der Waals surface area contributed by atoms with Gasteiger partial charge in [-0.05, 0) is 26.3 Å². The molecule has 0 aliphatic rings. The van der Waals surface area contributed by atoms with Crippen LogP contribution in [0.3, 0.4) is 0 Å². The first-order valence-electron chi connectivity index (χ1n) is 5.82. The SMILES string of the molecule is CNC(CC(C)C)C(=O)c1ccc(C)cc1. The summed E-state index contributed by atoms with van der Waals surface area (Å²) in [4.78, 5) is 12.2. The van der Waals surface area contributed by atoms with Gasteiger partial charge in [0.25, 0.3) is 0 Å². The summed E-state index contributed by atoms with van der Waals surface area (Å²) in [6.45, 7) is 6.29. The minimum Gasteiger partial charge on any atom is -0.310 e. The van der Waals surface area contributed by atoms with E-state index in [0.29, 0.717) is 5.92 Å². The minimum absolute atomic E-state index is 0.0669. The minimum atomic E-state index is -0.0669. The van der Waals surface area contributed by atoms with E-state index in [0.717, 1.165) is 12.0 Å². The summed E-state index contributed by atoms with van der Waals surface area (Å²) < 4.78 is 0. The van der Waals surface area contributed by atoms with E-state index in [1.165, 1.54) is 5.56 Å². The van der Waals surface area contributed by atoms with Gasteiger partial charge in [0, 0.05) is 5.56 Å². The molecule has 0 bridgehead atoms. The Morgan fingerprint density at radius 3 is 2.25 bits per heavy atom. The number of aryl methyl sites for hydroxylation is 1. The molecule has 0 saturated carbocycles. The van der Waals surface area contributed by atoms with Crippen LogP contribution < -0.4 is 5.32 Å². The third kappa shape index (κ3) is 3.46. The molecule has 2 nitrogen and oxygen atoms in total. The number of Topliss-reactive ketones (excluding diaryl/α,β-unsaturated/α-hetero) is 1. The lowest BCUT2D eigenvalue weighted by molar-refractivity contribution is 0.0935. The molecule has 1 N–H and O–H groups in total. The molecule has 1 atom stereocenters. The standard InChI is InChI=1S/C14H21NO/c1-10(2)9-13(15-4)14(16)12-7-5-11(3)6-8-12/h5-8,10,13,15H,9H2,1-4H3. The van der Waals surface area contributed by atoms with E-state index >= 15 is 0 Å². The Bertz CT molecular complexity index is 340. The average molecular weight is 219 g/mol. The monoisotopic (exact) mass is 219 g/mol. The van der Waals surface area contributed by atoms with E-state index in [4.69, 9.17) is 0 Å². The van der Waals surface area contributed by atoms with E-state index in [2.05, 4.69) is 19.2 Å². The number of hydrogen-bond acceptors (Lipinski definition) is 2. The third-order valence-corrected chi connectivity index (χ3v) is 2.71. The molecular weight excluding hydrogens is 198 g/mol. The molecular formula is C14H21NO. The number of carbonyl (C=O) groups is 1. The Kier molecular flexibility index (Phi) is 4.69. The van der Waals surface area contributed by atoms with Gasteiger partial charge in [-0.15, -0.1) is 0 Å². The molecule has 1 rings (SSSR count). The van der Waals surface area contributed by atoms with Crippen LogP contribution in [0.2, 0.25) is 0 Å². The maximum atomic E-state index is 12.2. The van der Waals surface area contributed by atoms with Gasteiger partial charge in [-0.3, -0.25) is 4.79 Å². The molecule has 0 heterocycles. The summed E-state index contributed by atoms with van der Waals surface area (Å²) in [5.74, 6) is 0.711. The first kappa shape index (κ1) is 12.9. The highest BCUT2D eigenvalue weighted by molar-refractivity contribution is 6.00. The van der Waals surface area contributed by atoms with Crippen LogP contribution in [0.4, 0.5) is 0 Å². The zero-order valence-corrected chi connectivity index (χ0v) is 10.6. The summed E-state index contributed by atoms with van der Waals surface area (Å²) in [6, 6.07) is 7.71. The zero-order valence-electron chi connectivity index (χ0n) is 10.6. The topological polar surface area (TPSA) is 29.1 Å². The van der Waals surface area contributed by atoms with E-state index in [1.54, 1.807) is 0 Å². The third-order valence-electron chi connectivity index (χ3n) is 2.71. The van der Waals surface area contributed by atoms with Crippen molar-refractivity contribution >= 4 is 5.78 Å². The maximum absolute atomic E-state index is 12.2. The lowest BCUT2D eigenvalue weighted by Gasteiger charge is -2.17. The van der Waals surface area contributed by atoms with Crippen LogP contribution in [0.15, 0.2) is 24.3 Å². The van der Waals surface area contributed by atoms with E-state index < -0.39 is 0 Å². The van der Waals surface area contributed by atoms with Crippen molar-refractivity contribution in [3.05, 3.63) is 35.4 Å². The summed E-state index contributed by atoms with van der Waals surface area (Å²) in [5, 5.41) is 3.10. The summed E-state index contributed by atoms with van der Waals surface area (Å²) in [6.07, 6.45) is 0.878. The molecule has 0 spiro atoms. The van der Waals surface area contributed by atoms with E-state index in [9.17, 15) is 4.79 Å². The fourth-order valence-corrected chi connectivity index (χ4v) is 1.75. The quantitative estimate of drug-likeness (QED) is 0.772. The van der Waals surface area contributed by atoms with Gasteiger partial charge in [0.2, 0.25) is 0 Å². The largest absolute Gasteiger partial charge is 0.310 e. The van der Waals surface area contributed by atoms with Crippen molar-refractivity contribution in [2.24, 2.45) is 5.92 Å². The Hall–Kier alpha value is -1.15. The molecule has 0 amide bonds. The lowest BCUT2D eigenvalue weighted by atomic mass is 9.96. The van der Waals surface area contributed by atoms with Gasteiger partial charge in [0.15, 0.2) is 5.78 Å². The van der Waals surface area contributed by atoms with Gasteiger partial charge in [0.1, 0.15) is 0 Å². The fourth-order valence-electron chi connectivity index (χ4n) is 1.75. The molecule has 1 aromatic carbocycles. The molecule has 16 heavy (non-hydrogen) atoms. The Balaban J connectivity index is 2.78. The second-order valence-corrected chi connectivity index (χ2v) is 4.70. The van der Waals surface area contributed by atoms with Crippen LogP contribution in [0.1, 0.15) is 36.2 Å². The van der Waals surface area contributed by atoms with Gasteiger partial charge in [-0.25, -0.2) is 0 Å². The Labute approximate surface area is 98.1 Å². The van der Waals surface area contributed by atoms with Gasteiger partial charge < -0.3 is 5.32 Å². The number of rotatable bonds is 5. The second kappa shape index (κ2) is 5.80. The molecule has 0 aliphatic carbocycles. The number of carbonyl (C=O) groups excluding carboxylic acids is 1. The molecule has 1 unspecified atom stereocenters. The second-order valence-electron chi connectivity index (χ2n) is 4.70. The summed E-state index contributed by atoms with van der Waals surface area (Å²) >= 11 is 0. The van der Waals surface area contributed by atoms with Gasteiger partial charge in [0.05, 0.1) is 6.04 Å². The van der Waals surface area contributed by atoms with E-state index in [1.807, 2.05) is 38.2 Å². The Morgan fingerprint density at radius 1 is 1.25 bits per heavy atom. The highest BCUT2D eigenvalue weighted by Crippen LogP contribution is 2.12. The fraction of sp³-hybridized carbons (Fsp3) is 0.500. The van der Waals surface area contributed by atoms with Crippen LogP contribution in [-0.4, -0.2) is 18.9 Å². The predicted molar refractivity (Wildman–Crippen MR) is 67.8 cm³/mol. The van der Waals surface area contributed by atoms with Crippen molar-refractivity contribution in [3.8, 4) is 0 Å². The van der Waals surface area contributed by atoms with Gasteiger partial charge >= 0.3 is 0 Å². The summed E-state index contributed by atoms with van der Waals surface area (Å²) in [5.41, 5.74) is 1.98. The lowest BCUT2D eigenvalue weighted by Crippen LogP contribution is -2.35. The van der Waals surface area contributed by atoms with Crippen molar-refractivity contribution in [1.82, 2.24) is 5.32 Å². The van der Waals surface area contributed by atoms with Crippen LogP contribution >= 0.6 is 0 Å². The molecule has 0 saturated heterocycles. The van der Waals surface area contributed by atoms with Gasteiger partial charge in [-0.2, -0.15) is 0 Å². The number of nitrogens with one attached hydrogen (secondary N) is 1. The zero-order chi connectivity index (χ0) is 12.1. The molecule has 0 aliphatic heterocycles. The number of ketones is 1. The number of hydrogen-bond donors (Lipinski definition) is 1. The number of benzene rings is 1. The highest BCUT2D eigenvalue weighted by Gasteiger charge is 2.18. The van der Waals surface area contributed by atoms with E-state index in [-0.39, 0.29) is 11.8 Å². The van der Waals surface area contributed by atoms with Crippen molar-refractivity contribution < 1.29 is 4.79 Å². The molecule has 2 heteroatoms. The van der Waals surface area contributed by atoms with Crippen molar-refractivity contribution in [2.75, 3.05) is 7.05 Å². The normalized spacial score (nSPS) is 12.8. The molecule has 0 radical (unpaired) electrons. The number of likely N-dealkylation sites (N-methyl/N-ethyl adjacent to an activating group) is 1. The van der Waals surface area contributed by atoms with Crippen LogP contribution in [-0.2, 0) is 0 Å². The predicted octanol–water partition coefficient (Wildman–Crippen LogP) is 2.81. The molecule has 88 valence electrons. The average Bonchev–Trinajstić information content (AvgIpc) is 2.25. The first-order chi connectivity index (χ1) is 7.54. The first-order valence-corrected chi connectivity index (χ1v) is 5.82. The molecule has 0 fully saturated rings. The van der Waals surface area contributed by atoms with Crippen molar-refractivity contribution in [1.29, 1.82) is 0 Å². The highest BCUT2D eigenvalue weighted by atomic mass is 16.1. The van der Waals surface area contributed by atoms with Crippen LogP contribution in [0.25, 0.3) is 0 Å². The molecule has 0 aromatic heterocycles. The van der Waals surface area contributed by atoms with Crippen molar-refractivity contribution in [2.45, 2.75) is 33.2 Å². The smallest absolute Gasteiger partial charge is 0.179 e. The Morgan fingerprint density at radius 2 is 1.81 bits per heavy atom. The molecule has 1 aromatic rings. The van der Waals surface area contributed by atoms with Crippen molar-refractivity contribution in [3.63, 3.8) is 0 Å². The van der Waals surface area contributed by atoms with Gasteiger partial charge in [-0.1, -0.05) is 43.7 Å². The van der Waals surface area contributed by atoms with Crippen LogP contribution in [0, 0.1) is 12.8 Å². The summed E-state index contributed by atoms with van der Waals surface area (Å²) in [7, 11) is 1.85. The van der Waals surface area contributed by atoms with Crippen LogP contribution in [0.5, 0.6) is 0 Å².